The van der Waals surface area contributed by atoms with Crippen LogP contribution in [-0.2, 0) is 16.9 Å². The second-order valence-electron chi connectivity index (χ2n) is 7.09. The summed E-state index contributed by atoms with van der Waals surface area (Å²) in [5, 5.41) is 1.31. The fourth-order valence-electron chi connectivity index (χ4n) is 3.61. The number of ether oxygens (including phenoxy) is 2. The molecule has 0 saturated heterocycles. The first-order chi connectivity index (χ1) is 13.5. The lowest BCUT2D eigenvalue weighted by atomic mass is 9.93. The fourth-order valence-corrected chi connectivity index (χ4v) is 3.97. The number of pyridine rings is 1. The topological polar surface area (TPSA) is 31.4 Å². The van der Waals surface area contributed by atoms with Gasteiger partial charge in [-0.25, -0.2) is 0 Å². The predicted octanol–water partition coefficient (Wildman–Crippen LogP) is 6.58. The molecular weight excluding hydrogens is 393 g/mol. The van der Waals surface area contributed by atoms with Crippen molar-refractivity contribution in [2.75, 3.05) is 7.11 Å². The summed E-state index contributed by atoms with van der Waals surface area (Å²) in [7, 11) is 1.70. The molecule has 3 aromatic rings. The Balaban J connectivity index is 1.70. The average Bonchev–Trinajstić information content (AvgIpc) is 3.49. The summed E-state index contributed by atoms with van der Waals surface area (Å²) in [4.78, 5) is 4.38. The Kier molecular flexibility index (Phi) is 5.33. The van der Waals surface area contributed by atoms with E-state index in [0.717, 1.165) is 46.4 Å². The lowest BCUT2D eigenvalue weighted by Crippen LogP contribution is -2.14. The molecule has 0 N–H and O–H groups in total. The Morgan fingerprint density at radius 3 is 2.68 bits per heavy atom. The molecule has 5 heteroatoms. The maximum absolute atomic E-state index is 6.40. The number of nitrogens with zero attached hydrogens (tertiary/aromatic N) is 1. The molecule has 0 unspecified atom stereocenters. The fraction of sp³-hybridized carbons (Fsp3) is 0.261. The largest absolute Gasteiger partial charge is 0.496 e. The number of aromatic nitrogens is 1. The second kappa shape index (κ2) is 7.75. The summed E-state index contributed by atoms with van der Waals surface area (Å²) in [6.07, 6.45) is 5.61. The molecule has 0 atom stereocenters. The number of benzene rings is 2. The quantitative estimate of drug-likeness (QED) is 0.457. The second-order valence-corrected chi connectivity index (χ2v) is 7.94. The highest BCUT2D eigenvalue weighted by molar-refractivity contribution is 6.33. The van der Waals surface area contributed by atoms with Crippen LogP contribution in [0.15, 0.2) is 54.9 Å². The molecule has 1 aliphatic carbocycles. The van der Waals surface area contributed by atoms with Gasteiger partial charge in [-0.05, 0) is 66.8 Å². The van der Waals surface area contributed by atoms with E-state index in [2.05, 4.69) is 18.0 Å². The van der Waals surface area contributed by atoms with Crippen molar-refractivity contribution in [3.63, 3.8) is 0 Å². The van der Waals surface area contributed by atoms with Crippen molar-refractivity contribution >= 4 is 23.2 Å². The van der Waals surface area contributed by atoms with E-state index >= 15 is 0 Å². The van der Waals surface area contributed by atoms with Gasteiger partial charge in [0.1, 0.15) is 5.75 Å². The third-order valence-electron chi connectivity index (χ3n) is 5.25. The maximum Gasteiger partial charge on any atom is 0.126 e. The number of methoxy groups -OCH3 is 1. The highest BCUT2D eigenvalue weighted by Crippen LogP contribution is 2.53. The van der Waals surface area contributed by atoms with E-state index < -0.39 is 0 Å². The smallest absolute Gasteiger partial charge is 0.126 e. The molecule has 0 amide bonds. The summed E-state index contributed by atoms with van der Waals surface area (Å²) in [6, 6.07) is 13.6. The molecule has 1 saturated carbocycles. The van der Waals surface area contributed by atoms with Gasteiger partial charge in [0.25, 0.3) is 0 Å². The number of aryl methyl sites for hydroxylation is 1. The highest BCUT2D eigenvalue weighted by Gasteiger charge is 2.47. The van der Waals surface area contributed by atoms with Crippen LogP contribution in [0.5, 0.6) is 5.75 Å². The van der Waals surface area contributed by atoms with Crippen molar-refractivity contribution < 1.29 is 9.47 Å². The van der Waals surface area contributed by atoms with Gasteiger partial charge < -0.3 is 9.47 Å². The number of hydrogen-bond acceptors (Lipinski definition) is 3. The van der Waals surface area contributed by atoms with Crippen LogP contribution >= 0.6 is 23.2 Å². The van der Waals surface area contributed by atoms with Crippen LogP contribution in [0.2, 0.25) is 10.0 Å². The van der Waals surface area contributed by atoms with Crippen LogP contribution in [0.3, 0.4) is 0 Å². The lowest BCUT2D eigenvalue weighted by molar-refractivity contribution is 0.0174. The molecular formula is C23H21Cl2NO2. The monoisotopic (exact) mass is 413 g/mol. The Labute approximate surface area is 175 Å². The summed E-state index contributed by atoms with van der Waals surface area (Å²) >= 11 is 12.4. The first-order valence-corrected chi connectivity index (χ1v) is 9.96. The van der Waals surface area contributed by atoms with Crippen LogP contribution in [0.25, 0.3) is 11.1 Å². The number of hydrogen-bond donors (Lipinski definition) is 0. The van der Waals surface area contributed by atoms with E-state index in [1.54, 1.807) is 19.2 Å². The Morgan fingerprint density at radius 2 is 1.93 bits per heavy atom. The zero-order valence-electron chi connectivity index (χ0n) is 15.8. The van der Waals surface area contributed by atoms with E-state index in [1.807, 2.05) is 36.7 Å². The van der Waals surface area contributed by atoms with E-state index in [0.29, 0.717) is 16.7 Å². The van der Waals surface area contributed by atoms with E-state index in [4.69, 9.17) is 32.7 Å². The van der Waals surface area contributed by atoms with Crippen LogP contribution < -0.4 is 4.74 Å². The van der Waals surface area contributed by atoms with Gasteiger partial charge in [-0.2, -0.15) is 0 Å². The average molecular weight is 414 g/mol. The minimum absolute atomic E-state index is 0.359. The molecule has 3 nitrogen and oxygen atoms in total. The third kappa shape index (κ3) is 3.62. The van der Waals surface area contributed by atoms with Crippen molar-refractivity contribution in [1.29, 1.82) is 0 Å². The van der Waals surface area contributed by atoms with Crippen LogP contribution in [0.1, 0.15) is 29.5 Å². The van der Waals surface area contributed by atoms with E-state index in [1.165, 1.54) is 0 Å². The van der Waals surface area contributed by atoms with Crippen molar-refractivity contribution in [3.05, 3.63) is 81.6 Å². The molecule has 0 spiro atoms. The molecule has 1 aliphatic rings. The molecule has 4 rings (SSSR count). The lowest BCUT2D eigenvalue weighted by Gasteiger charge is -2.22. The Morgan fingerprint density at radius 1 is 1.11 bits per heavy atom. The van der Waals surface area contributed by atoms with Crippen LogP contribution in [0.4, 0.5) is 0 Å². The first kappa shape index (κ1) is 19.3. The maximum atomic E-state index is 6.40. The third-order valence-corrected chi connectivity index (χ3v) is 5.86. The minimum Gasteiger partial charge on any atom is -0.496 e. The number of rotatable bonds is 6. The van der Waals surface area contributed by atoms with E-state index in [-0.39, 0.29) is 5.60 Å². The van der Waals surface area contributed by atoms with E-state index in [9.17, 15) is 0 Å². The van der Waals surface area contributed by atoms with Gasteiger partial charge in [0.05, 0.1) is 19.3 Å². The van der Waals surface area contributed by atoms with Gasteiger partial charge in [-0.3, -0.25) is 4.98 Å². The van der Waals surface area contributed by atoms with Gasteiger partial charge in [-0.15, -0.1) is 0 Å². The van der Waals surface area contributed by atoms with Crippen molar-refractivity contribution in [2.24, 2.45) is 0 Å². The number of halogens is 2. The minimum atomic E-state index is -0.359. The summed E-state index contributed by atoms with van der Waals surface area (Å²) in [5.41, 5.74) is 4.95. The zero-order chi connectivity index (χ0) is 19.7. The Bertz CT molecular complexity index is 1020. The molecule has 144 valence electrons. The zero-order valence-corrected chi connectivity index (χ0v) is 17.3. The molecule has 0 radical (unpaired) electrons. The predicted molar refractivity (Wildman–Crippen MR) is 113 cm³/mol. The molecule has 1 aromatic heterocycles. The molecule has 28 heavy (non-hydrogen) atoms. The molecule has 0 bridgehead atoms. The van der Waals surface area contributed by atoms with Gasteiger partial charge in [0.2, 0.25) is 0 Å². The summed E-state index contributed by atoms with van der Waals surface area (Å²) in [6.45, 7) is 2.49. The Hall–Kier alpha value is -2.07. The van der Waals surface area contributed by atoms with Crippen LogP contribution in [-0.4, -0.2) is 12.1 Å². The van der Waals surface area contributed by atoms with Crippen molar-refractivity contribution in [3.8, 4) is 16.9 Å². The van der Waals surface area contributed by atoms with Gasteiger partial charge in [0, 0.05) is 33.6 Å². The molecule has 0 aliphatic heterocycles. The molecule has 1 fully saturated rings. The van der Waals surface area contributed by atoms with Crippen molar-refractivity contribution in [2.45, 2.75) is 32.0 Å². The van der Waals surface area contributed by atoms with Gasteiger partial charge in [0.15, 0.2) is 0 Å². The first-order valence-electron chi connectivity index (χ1n) is 9.20. The SMILES string of the molecule is COc1cccc(C)c1-c1ccncc1C1(OCc2cc(Cl)ccc2Cl)CC1. The standard InChI is InChI=1S/C23H21Cl2NO2/c1-15-4-3-5-21(27-2)22(15)18-8-11-26-13-19(18)23(9-10-23)28-14-16-12-17(24)6-7-20(16)25/h3-8,11-13H,9-10,14H2,1-2H3. The van der Waals surface area contributed by atoms with Crippen LogP contribution in [0, 0.1) is 6.92 Å². The summed E-state index contributed by atoms with van der Waals surface area (Å²) in [5.74, 6) is 0.848. The normalized spacial score (nSPS) is 14.7. The van der Waals surface area contributed by atoms with Gasteiger partial charge >= 0.3 is 0 Å². The molecule has 2 aromatic carbocycles. The van der Waals surface area contributed by atoms with Gasteiger partial charge in [-0.1, -0.05) is 35.3 Å². The van der Waals surface area contributed by atoms with Crippen molar-refractivity contribution in [1.82, 2.24) is 4.98 Å². The summed E-state index contributed by atoms with van der Waals surface area (Å²) < 4.78 is 12.0. The highest BCUT2D eigenvalue weighted by atomic mass is 35.5. The molecule has 1 heterocycles.